The molecule has 1 aromatic carbocycles. The van der Waals surface area contributed by atoms with Crippen LogP contribution in [0, 0.1) is 6.92 Å². The summed E-state index contributed by atoms with van der Waals surface area (Å²) in [6.45, 7) is 2.13. The van der Waals surface area contributed by atoms with E-state index >= 15 is 0 Å². The van der Waals surface area contributed by atoms with Crippen LogP contribution in [0.2, 0.25) is 0 Å². The Kier molecular flexibility index (Phi) is 3.82. The van der Waals surface area contributed by atoms with E-state index in [2.05, 4.69) is 10.3 Å². The Morgan fingerprint density at radius 3 is 2.61 bits per heavy atom. The molecule has 2 N–H and O–H groups in total. The fourth-order valence-corrected chi connectivity index (χ4v) is 2.24. The summed E-state index contributed by atoms with van der Waals surface area (Å²) in [5.41, 5.74) is 8.28. The van der Waals surface area contributed by atoms with Crippen LogP contribution in [0.5, 0.6) is 0 Å². The molecule has 0 radical (unpaired) electrons. The maximum absolute atomic E-state index is 5.95. The van der Waals surface area contributed by atoms with Gasteiger partial charge in [-0.15, -0.1) is 5.10 Å². The summed E-state index contributed by atoms with van der Waals surface area (Å²) < 4.78 is -0.121. The van der Waals surface area contributed by atoms with Gasteiger partial charge in [0.15, 0.2) is 0 Å². The maximum Gasteiger partial charge on any atom is 0.234 e. The lowest BCUT2D eigenvalue weighted by molar-refractivity contribution is 0.770. The van der Waals surface area contributed by atoms with Gasteiger partial charge in [-0.05, 0) is 24.6 Å². The van der Waals surface area contributed by atoms with Crippen molar-refractivity contribution in [2.75, 3.05) is 0 Å². The van der Waals surface area contributed by atoms with Gasteiger partial charge in [-0.25, -0.2) is 4.68 Å². The molecule has 4 nitrogen and oxygen atoms in total. The number of rotatable bonds is 2. The highest BCUT2D eigenvalue weighted by Gasteiger charge is 2.32. The molecule has 0 aliphatic carbocycles. The van der Waals surface area contributed by atoms with Crippen molar-refractivity contribution < 1.29 is 0 Å². The zero-order valence-corrected chi connectivity index (χ0v) is 11.8. The number of aryl methyl sites for hydroxylation is 1. The molecule has 96 valence electrons. The third-order valence-electron chi connectivity index (χ3n) is 2.45. The molecular formula is C11H11Cl3N4. The van der Waals surface area contributed by atoms with Crippen molar-refractivity contribution >= 4 is 34.8 Å². The summed E-state index contributed by atoms with van der Waals surface area (Å²) in [7, 11) is 0. The third kappa shape index (κ3) is 2.62. The Bertz CT molecular complexity index is 560. The number of nitrogens with zero attached hydrogens (tertiary/aromatic N) is 3. The quantitative estimate of drug-likeness (QED) is 0.868. The van der Waals surface area contributed by atoms with Crippen LogP contribution in [0.25, 0.3) is 5.69 Å². The van der Waals surface area contributed by atoms with Crippen LogP contribution in [0.3, 0.4) is 0 Å². The molecule has 1 heterocycles. The first-order valence-corrected chi connectivity index (χ1v) is 6.35. The van der Waals surface area contributed by atoms with Crippen molar-refractivity contribution in [1.29, 1.82) is 0 Å². The highest BCUT2D eigenvalue weighted by Crippen LogP contribution is 2.40. The van der Waals surface area contributed by atoms with Crippen LogP contribution < -0.4 is 5.73 Å². The largest absolute Gasteiger partial charge is 0.325 e. The van der Waals surface area contributed by atoms with Crippen molar-refractivity contribution in [1.82, 2.24) is 15.0 Å². The van der Waals surface area contributed by atoms with Gasteiger partial charge in [-0.3, -0.25) is 0 Å². The molecule has 0 saturated heterocycles. The number of aromatic nitrogens is 3. The number of nitrogens with two attached hydrogens (primary N) is 1. The molecule has 18 heavy (non-hydrogen) atoms. The topological polar surface area (TPSA) is 56.7 Å². The summed E-state index contributed by atoms with van der Waals surface area (Å²) in [4.78, 5) is 0. The summed E-state index contributed by atoms with van der Waals surface area (Å²) in [6, 6.07) is 7.66. The minimum absolute atomic E-state index is 0.162. The van der Waals surface area contributed by atoms with Gasteiger partial charge >= 0.3 is 0 Å². The molecule has 0 fully saturated rings. The second-order valence-electron chi connectivity index (χ2n) is 3.84. The zero-order chi connectivity index (χ0) is 13.3. The van der Waals surface area contributed by atoms with Gasteiger partial charge in [0.1, 0.15) is 11.4 Å². The summed E-state index contributed by atoms with van der Waals surface area (Å²) >= 11 is 17.9. The summed E-state index contributed by atoms with van der Waals surface area (Å²) in [6.07, 6.45) is 0. The molecule has 0 unspecified atom stereocenters. The normalized spacial score (nSPS) is 11.8. The highest BCUT2D eigenvalue weighted by atomic mass is 35.6. The first-order valence-electron chi connectivity index (χ1n) is 5.22. The molecule has 7 heteroatoms. The van der Waals surface area contributed by atoms with Gasteiger partial charge in [0.05, 0.1) is 5.69 Å². The Labute approximate surface area is 120 Å². The van der Waals surface area contributed by atoms with E-state index in [0.29, 0.717) is 11.4 Å². The van der Waals surface area contributed by atoms with Crippen LogP contribution >= 0.6 is 34.8 Å². The minimum atomic E-state index is -1.62. The van der Waals surface area contributed by atoms with Gasteiger partial charge in [0, 0.05) is 6.54 Å². The molecule has 1 aromatic heterocycles. The van der Waals surface area contributed by atoms with Crippen LogP contribution in [-0.4, -0.2) is 15.0 Å². The third-order valence-corrected chi connectivity index (χ3v) is 2.99. The molecule has 0 amide bonds. The number of hydrogen-bond donors (Lipinski definition) is 1. The smallest absolute Gasteiger partial charge is 0.234 e. The Balaban J connectivity index is 2.62. The molecule has 2 rings (SSSR count). The number of benzene rings is 1. The molecule has 2 aromatic rings. The van der Waals surface area contributed by atoms with Gasteiger partial charge in [-0.1, -0.05) is 52.1 Å². The molecule has 0 spiro atoms. The zero-order valence-electron chi connectivity index (χ0n) is 9.57. The Morgan fingerprint density at radius 2 is 2.06 bits per heavy atom. The van der Waals surface area contributed by atoms with Gasteiger partial charge < -0.3 is 5.73 Å². The minimum Gasteiger partial charge on any atom is -0.325 e. The maximum atomic E-state index is 5.95. The fourth-order valence-electron chi connectivity index (χ4n) is 1.67. The van der Waals surface area contributed by atoms with Crippen molar-refractivity contribution in [3.63, 3.8) is 0 Å². The van der Waals surface area contributed by atoms with E-state index in [1.165, 1.54) is 4.68 Å². The molecule has 0 bridgehead atoms. The lowest BCUT2D eigenvalue weighted by Crippen LogP contribution is -2.14. The summed E-state index contributed by atoms with van der Waals surface area (Å²) in [5.74, 6) is 0. The predicted molar refractivity (Wildman–Crippen MR) is 73.2 cm³/mol. The molecule has 0 atom stereocenters. The number of alkyl halides is 3. The first kappa shape index (κ1) is 13.6. The first-order chi connectivity index (χ1) is 8.43. The van der Waals surface area contributed by atoms with Crippen molar-refractivity contribution in [2.45, 2.75) is 17.3 Å². The van der Waals surface area contributed by atoms with Gasteiger partial charge in [0.25, 0.3) is 0 Å². The SMILES string of the molecule is Cc1cccc(-n2nnc(CN)c2C(Cl)(Cl)Cl)c1. The van der Waals surface area contributed by atoms with E-state index < -0.39 is 3.79 Å². The number of halogens is 3. The van der Waals surface area contributed by atoms with Crippen LogP contribution in [0.1, 0.15) is 17.0 Å². The standard InChI is InChI=1S/C11H11Cl3N4/c1-7-3-2-4-8(5-7)18-10(11(12,13)14)9(6-15)16-17-18/h2-5H,6,15H2,1H3. The van der Waals surface area contributed by atoms with E-state index in [0.717, 1.165) is 11.3 Å². The molecule has 0 aliphatic rings. The van der Waals surface area contributed by atoms with Gasteiger partial charge in [-0.2, -0.15) is 0 Å². The van der Waals surface area contributed by atoms with Crippen molar-refractivity contribution in [3.05, 3.63) is 41.2 Å². The average Bonchev–Trinajstić information content (AvgIpc) is 2.72. The van der Waals surface area contributed by atoms with Crippen LogP contribution in [-0.2, 0) is 10.3 Å². The predicted octanol–water partition coefficient (Wildman–Crippen LogP) is 2.86. The monoisotopic (exact) mass is 304 g/mol. The van der Waals surface area contributed by atoms with Crippen molar-refractivity contribution in [2.24, 2.45) is 5.73 Å². The highest BCUT2D eigenvalue weighted by molar-refractivity contribution is 6.66. The van der Waals surface area contributed by atoms with E-state index in [1.54, 1.807) is 0 Å². The lowest BCUT2D eigenvalue weighted by Gasteiger charge is -2.14. The number of hydrogen-bond acceptors (Lipinski definition) is 3. The summed E-state index contributed by atoms with van der Waals surface area (Å²) in [5, 5.41) is 7.94. The Hall–Kier alpha value is -0.810. The molecular weight excluding hydrogens is 295 g/mol. The van der Waals surface area contributed by atoms with Crippen LogP contribution in [0.15, 0.2) is 24.3 Å². The van der Waals surface area contributed by atoms with E-state index in [1.807, 2.05) is 31.2 Å². The van der Waals surface area contributed by atoms with Crippen LogP contribution in [0.4, 0.5) is 0 Å². The van der Waals surface area contributed by atoms with Crippen molar-refractivity contribution in [3.8, 4) is 5.69 Å². The van der Waals surface area contributed by atoms with Gasteiger partial charge in [0.2, 0.25) is 3.79 Å². The lowest BCUT2D eigenvalue weighted by atomic mass is 10.2. The van der Waals surface area contributed by atoms with E-state index in [-0.39, 0.29) is 6.54 Å². The fraction of sp³-hybridized carbons (Fsp3) is 0.273. The van der Waals surface area contributed by atoms with E-state index in [9.17, 15) is 0 Å². The second-order valence-corrected chi connectivity index (χ2v) is 6.12. The average molecular weight is 306 g/mol. The Morgan fingerprint density at radius 1 is 1.33 bits per heavy atom. The van der Waals surface area contributed by atoms with E-state index in [4.69, 9.17) is 40.5 Å². The molecule has 0 aliphatic heterocycles. The second kappa shape index (κ2) is 5.05. The molecule has 0 saturated carbocycles.